The number of nitriles is 1. The van der Waals surface area contributed by atoms with Gasteiger partial charge in [-0.3, -0.25) is 0 Å². The van der Waals surface area contributed by atoms with Gasteiger partial charge in [0.25, 0.3) is 0 Å². The van der Waals surface area contributed by atoms with E-state index >= 15 is 0 Å². The van der Waals surface area contributed by atoms with Gasteiger partial charge in [-0.25, -0.2) is 0 Å². The van der Waals surface area contributed by atoms with Gasteiger partial charge in [0.2, 0.25) is 0 Å². The molecule has 0 aromatic rings. The molecule has 0 saturated heterocycles. The standard InChI is InChI=1S/C13H18N2/c1-2-3-10-4-5-12-6-11(8-14)9-15-13(12)7-10/h9-10,15H,2-7H2,1H3. The molecular weight excluding hydrogens is 184 g/mol. The predicted molar refractivity (Wildman–Crippen MR) is 60.7 cm³/mol. The largest absolute Gasteiger partial charge is 0.364 e. The van der Waals surface area contributed by atoms with E-state index in [1.165, 1.54) is 43.4 Å². The summed E-state index contributed by atoms with van der Waals surface area (Å²) in [6.45, 7) is 2.26. The molecular formula is C13H18N2. The molecule has 0 amide bonds. The number of allylic oxidation sites excluding steroid dienone is 3. The molecule has 0 fully saturated rings. The molecule has 80 valence electrons. The van der Waals surface area contributed by atoms with E-state index in [-0.39, 0.29) is 0 Å². The van der Waals surface area contributed by atoms with Crippen molar-refractivity contribution in [3.63, 3.8) is 0 Å². The Hall–Kier alpha value is -1.23. The normalized spacial score (nSPS) is 25.1. The van der Waals surface area contributed by atoms with E-state index in [0.717, 1.165) is 17.9 Å². The molecule has 2 nitrogen and oxygen atoms in total. The van der Waals surface area contributed by atoms with Gasteiger partial charge in [-0.2, -0.15) is 5.26 Å². The van der Waals surface area contributed by atoms with Gasteiger partial charge in [-0.1, -0.05) is 19.8 Å². The first-order valence-corrected chi connectivity index (χ1v) is 5.90. The number of nitrogens with zero attached hydrogens (tertiary/aromatic N) is 1. The lowest BCUT2D eigenvalue weighted by molar-refractivity contribution is 0.407. The molecule has 2 aliphatic rings. The zero-order chi connectivity index (χ0) is 10.7. The molecule has 0 bridgehead atoms. The Morgan fingerprint density at radius 3 is 3.20 bits per heavy atom. The molecule has 1 N–H and O–H groups in total. The van der Waals surface area contributed by atoms with E-state index in [1.807, 2.05) is 6.20 Å². The van der Waals surface area contributed by atoms with Crippen LogP contribution in [0.1, 0.15) is 45.4 Å². The van der Waals surface area contributed by atoms with Crippen molar-refractivity contribution < 1.29 is 0 Å². The van der Waals surface area contributed by atoms with Crippen LogP contribution in [-0.2, 0) is 0 Å². The van der Waals surface area contributed by atoms with Gasteiger partial charge in [0.15, 0.2) is 0 Å². The van der Waals surface area contributed by atoms with Crippen LogP contribution in [0.5, 0.6) is 0 Å². The van der Waals surface area contributed by atoms with Crippen LogP contribution in [0, 0.1) is 17.2 Å². The van der Waals surface area contributed by atoms with Gasteiger partial charge in [0.05, 0.1) is 6.07 Å². The monoisotopic (exact) mass is 202 g/mol. The summed E-state index contributed by atoms with van der Waals surface area (Å²) in [5, 5.41) is 12.1. The average molecular weight is 202 g/mol. The number of rotatable bonds is 2. The second-order valence-corrected chi connectivity index (χ2v) is 4.58. The molecule has 0 spiro atoms. The lowest BCUT2D eigenvalue weighted by Gasteiger charge is -2.29. The van der Waals surface area contributed by atoms with Gasteiger partial charge in [-0.15, -0.1) is 0 Å². The van der Waals surface area contributed by atoms with E-state index in [2.05, 4.69) is 18.3 Å². The minimum absolute atomic E-state index is 0.860. The fourth-order valence-corrected chi connectivity index (χ4v) is 2.60. The van der Waals surface area contributed by atoms with Crippen molar-refractivity contribution in [2.24, 2.45) is 5.92 Å². The van der Waals surface area contributed by atoms with Crippen molar-refractivity contribution >= 4 is 0 Å². The Morgan fingerprint density at radius 2 is 2.47 bits per heavy atom. The van der Waals surface area contributed by atoms with Gasteiger partial charge >= 0.3 is 0 Å². The zero-order valence-corrected chi connectivity index (χ0v) is 9.34. The molecule has 1 atom stereocenters. The first-order valence-electron chi connectivity index (χ1n) is 5.90. The summed E-state index contributed by atoms with van der Waals surface area (Å²) >= 11 is 0. The van der Waals surface area contributed by atoms with Crippen LogP contribution in [0.3, 0.4) is 0 Å². The van der Waals surface area contributed by atoms with E-state index in [9.17, 15) is 0 Å². The fourth-order valence-electron chi connectivity index (χ4n) is 2.60. The highest BCUT2D eigenvalue weighted by Gasteiger charge is 2.22. The highest BCUT2D eigenvalue weighted by molar-refractivity contribution is 5.35. The third-order valence-corrected chi connectivity index (χ3v) is 3.44. The SMILES string of the molecule is CCCC1CCC2=C(C1)NC=C(C#N)C2. The Bertz CT molecular complexity index is 344. The Morgan fingerprint density at radius 1 is 1.60 bits per heavy atom. The lowest BCUT2D eigenvalue weighted by atomic mass is 9.81. The first kappa shape index (κ1) is 10.3. The molecule has 1 aliphatic heterocycles. The summed E-state index contributed by atoms with van der Waals surface area (Å²) in [6.07, 6.45) is 9.09. The number of hydrogen-bond acceptors (Lipinski definition) is 2. The van der Waals surface area contributed by atoms with Crippen molar-refractivity contribution in [1.29, 1.82) is 5.26 Å². The van der Waals surface area contributed by atoms with Crippen LogP contribution in [-0.4, -0.2) is 0 Å². The van der Waals surface area contributed by atoms with Crippen LogP contribution < -0.4 is 5.32 Å². The second kappa shape index (κ2) is 4.53. The highest BCUT2D eigenvalue weighted by atomic mass is 14.9. The maximum absolute atomic E-state index is 8.84. The third-order valence-electron chi connectivity index (χ3n) is 3.44. The third kappa shape index (κ3) is 2.23. The predicted octanol–water partition coefficient (Wildman–Crippen LogP) is 3.24. The summed E-state index contributed by atoms with van der Waals surface area (Å²) in [6, 6.07) is 2.24. The van der Waals surface area contributed by atoms with Crippen molar-refractivity contribution in [2.45, 2.75) is 45.4 Å². The molecule has 1 heterocycles. The average Bonchev–Trinajstić information content (AvgIpc) is 2.29. The lowest BCUT2D eigenvalue weighted by Crippen LogP contribution is -2.22. The molecule has 15 heavy (non-hydrogen) atoms. The van der Waals surface area contributed by atoms with Gasteiger partial charge in [-0.05, 0) is 30.8 Å². The zero-order valence-electron chi connectivity index (χ0n) is 9.34. The molecule has 0 radical (unpaired) electrons. The van der Waals surface area contributed by atoms with Crippen LogP contribution in [0.4, 0.5) is 0 Å². The second-order valence-electron chi connectivity index (χ2n) is 4.58. The maximum atomic E-state index is 8.84. The summed E-state index contributed by atoms with van der Waals surface area (Å²) in [7, 11) is 0. The van der Waals surface area contributed by atoms with E-state index in [0.29, 0.717) is 0 Å². The summed E-state index contributed by atoms with van der Waals surface area (Å²) in [4.78, 5) is 0. The topological polar surface area (TPSA) is 35.8 Å². The molecule has 0 saturated carbocycles. The van der Waals surface area contributed by atoms with E-state index in [1.54, 1.807) is 0 Å². The minimum atomic E-state index is 0.860. The summed E-state index contributed by atoms with van der Waals surface area (Å²) in [5.74, 6) is 0.860. The van der Waals surface area contributed by atoms with E-state index in [4.69, 9.17) is 5.26 Å². The van der Waals surface area contributed by atoms with Crippen molar-refractivity contribution in [2.75, 3.05) is 0 Å². The Kier molecular flexibility index (Phi) is 3.11. The minimum Gasteiger partial charge on any atom is -0.364 e. The number of hydrogen-bond donors (Lipinski definition) is 1. The molecule has 1 unspecified atom stereocenters. The smallest absolute Gasteiger partial charge is 0.0965 e. The Labute approximate surface area is 91.7 Å². The van der Waals surface area contributed by atoms with Crippen LogP contribution >= 0.6 is 0 Å². The molecule has 1 aliphatic carbocycles. The van der Waals surface area contributed by atoms with Crippen LogP contribution in [0.2, 0.25) is 0 Å². The van der Waals surface area contributed by atoms with Gasteiger partial charge in [0, 0.05) is 23.9 Å². The first-order chi connectivity index (χ1) is 7.33. The molecule has 2 heteroatoms. The fraction of sp³-hybridized carbons (Fsp3) is 0.615. The van der Waals surface area contributed by atoms with Crippen LogP contribution in [0.15, 0.2) is 23.0 Å². The summed E-state index contributed by atoms with van der Waals surface area (Å²) in [5.41, 5.74) is 3.75. The maximum Gasteiger partial charge on any atom is 0.0965 e. The van der Waals surface area contributed by atoms with Crippen LogP contribution in [0.25, 0.3) is 0 Å². The van der Waals surface area contributed by atoms with Crippen molar-refractivity contribution in [1.82, 2.24) is 5.32 Å². The van der Waals surface area contributed by atoms with Gasteiger partial charge < -0.3 is 5.32 Å². The molecule has 0 aromatic heterocycles. The molecule has 0 aromatic carbocycles. The van der Waals surface area contributed by atoms with Gasteiger partial charge in [0.1, 0.15) is 0 Å². The van der Waals surface area contributed by atoms with E-state index < -0.39 is 0 Å². The Balaban J connectivity index is 2.01. The van der Waals surface area contributed by atoms with Crippen molar-refractivity contribution in [3.8, 4) is 6.07 Å². The summed E-state index contributed by atoms with van der Waals surface area (Å²) < 4.78 is 0. The highest BCUT2D eigenvalue weighted by Crippen LogP contribution is 2.35. The molecule has 2 rings (SSSR count). The quantitative estimate of drug-likeness (QED) is 0.746. The number of nitrogens with one attached hydrogen (secondary N) is 1. The number of dihydropyridines is 1. The van der Waals surface area contributed by atoms with Crippen molar-refractivity contribution in [3.05, 3.63) is 23.0 Å².